The molecule has 6 heteroatoms. The lowest BCUT2D eigenvalue weighted by Gasteiger charge is -2.04. The zero-order chi connectivity index (χ0) is 9.84. The van der Waals surface area contributed by atoms with Crippen molar-refractivity contribution in [2.75, 3.05) is 0 Å². The number of aliphatic imine (C=N–C) groups is 1. The molecule has 1 unspecified atom stereocenters. The Bertz CT molecular complexity index is 316. The first-order chi connectivity index (χ1) is 6.11. The van der Waals surface area contributed by atoms with Gasteiger partial charge in [-0.15, -0.1) is 11.3 Å². The van der Waals surface area contributed by atoms with Crippen molar-refractivity contribution in [3.8, 4) is 0 Å². The highest BCUT2D eigenvalue weighted by Crippen LogP contribution is 2.22. The molecule has 5 N–H and O–H groups in total. The molecular formula is C7H9N3O2S. The molecule has 0 saturated carbocycles. The summed E-state index contributed by atoms with van der Waals surface area (Å²) in [7, 11) is 0. The summed E-state index contributed by atoms with van der Waals surface area (Å²) in [6.07, 6.45) is 0. The van der Waals surface area contributed by atoms with E-state index in [0.717, 1.165) is 0 Å². The van der Waals surface area contributed by atoms with E-state index >= 15 is 0 Å². The van der Waals surface area contributed by atoms with E-state index in [0.29, 0.717) is 4.88 Å². The lowest BCUT2D eigenvalue weighted by Crippen LogP contribution is -2.25. The number of guanidine groups is 1. The molecule has 0 aliphatic heterocycles. The zero-order valence-electron chi connectivity index (χ0n) is 6.68. The molecule has 0 spiro atoms. The lowest BCUT2D eigenvalue weighted by molar-refractivity contribution is -0.138. The topological polar surface area (TPSA) is 102 Å². The number of aliphatic carboxylic acids is 1. The molecule has 0 aliphatic rings. The van der Waals surface area contributed by atoms with Crippen molar-refractivity contribution >= 4 is 23.3 Å². The largest absolute Gasteiger partial charge is 0.479 e. The number of carboxylic acid groups (broad SMARTS) is 1. The van der Waals surface area contributed by atoms with Crippen molar-refractivity contribution in [1.29, 1.82) is 0 Å². The Labute approximate surface area is 78.7 Å². The minimum atomic E-state index is -1.06. The van der Waals surface area contributed by atoms with E-state index in [1.807, 2.05) is 0 Å². The van der Waals surface area contributed by atoms with E-state index < -0.39 is 12.0 Å². The van der Waals surface area contributed by atoms with Crippen LogP contribution in [-0.4, -0.2) is 17.0 Å². The van der Waals surface area contributed by atoms with Crippen LogP contribution in [0.3, 0.4) is 0 Å². The third kappa shape index (κ3) is 2.45. The molecule has 1 atom stereocenters. The molecule has 1 heterocycles. The summed E-state index contributed by atoms with van der Waals surface area (Å²) in [5.74, 6) is -1.28. The molecule has 13 heavy (non-hydrogen) atoms. The third-order valence-electron chi connectivity index (χ3n) is 1.32. The first kappa shape index (κ1) is 9.53. The Morgan fingerprint density at radius 3 is 2.69 bits per heavy atom. The third-order valence-corrected chi connectivity index (χ3v) is 2.25. The summed E-state index contributed by atoms with van der Waals surface area (Å²) < 4.78 is 0. The van der Waals surface area contributed by atoms with Gasteiger partial charge in [0, 0.05) is 4.88 Å². The van der Waals surface area contributed by atoms with E-state index in [9.17, 15) is 4.79 Å². The van der Waals surface area contributed by atoms with Gasteiger partial charge in [-0.1, -0.05) is 6.07 Å². The number of thiophene rings is 1. The van der Waals surface area contributed by atoms with Crippen LogP contribution in [0.15, 0.2) is 22.5 Å². The molecular weight excluding hydrogens is 190 g/mol. The molecule has 0 fully saturated rings. The first-order valence-corrected chi connectivity index (χ1v) is 4.34. The van der Waals surface area contributed by atoms with Crippen LogP contribution < -0.4 is 11.5 Å². The summed E-state index contributed by atoms with van der Waals surface area (Å²) in [5.41, 5.74) is 10.2. The predicted molar refractivity (Wildman–Crippen MR) is 50.5 cm³/mol. The van der Waals surface area contributed by atoms with Gasteiger partial charge in [-0.2, -0.15) is 0 Å². The fourth-order valence-corrected chi connectivity index (χ4v) is 1.59. The molecule has 0 amide bonds. The van der Waals surface area contributed by atoms with Gasteiger partial charge in [0.1, 0.15) is 0 Å². The Kier molecular flexibility index (Phi) is 2.86. The maximum Gasteiger partial charge on any atom is 0.334 e. The quantitative estimate of drug-likeness (QED) is 0.476. The number of nitrogens with zero attached hydrogens (tertiary/aromatic N) is 1. The van der Waals surface area contributed by atoms with Gasteiger partial charge < -0.3 is 16.6 Å². The fraction of sp³-hybridized carbons (Fsp3) is 0.143. The van der Waals surface area contributed by atoms with Gasteiger partial charge in [0.15, 0.2) is 12.0 Å². The minimum absolute atomic E-state index is 0.221. The summed E-state index contributed by atoms with van der Waals surface area (Å²) in [6.45, 7) is 0. The average Bonchev–Trinajstić information content (AvgIpc) is 2.50. The van der Waals surface area contributed by atoms with Crippen molar-refractivity contribution < 1.29 is 9.90 Å². The van der Waals surface area contributed by atoms with E-state index in [4.69, 9.17) is 16.6 Å². The van der Waals surface area contributed by atoms with Gasteiger partial charge in [0.2, 0.25) is 0 Å². The number of hydrogen-bond donors (Lipinski definition) is 3. The van der Waals surface area contributed by atoms with Crippen LogP contribution >= 0.6 is 11.3 Å². The second-order valence-electron chi connectivity index (χ2n) is 2.31. The van der Waals surface area contributed by atoms with Crippen LogP contribution in [0.25, 0.3) is 0 Å². The molecule has 0 aliphatic carbocycles. The van der Waals surface area contributed by atoms with E-state index in [2.05, 4.69) is 4.99 Å². The summed E-state index contributed by atoms with van der Waals surface area (Å²) in [5, 5.41) is 10.6. The van der Waals surface area contributed by atoms with Crippen LogP contribution in [0.5, 0.6) is 0 Å². The van der Waals surface area contributed by atoms with Crippen LogP contribution in [0.2, 0.25) is 0 Å². The molecule has 1 aromatic rings. The predicted octanol–water partition coefficient (Wildman–Crippen LogP) is 0.147. The van der Waals surface area contributed by atoms with Crippen LogP contribution in [0.4, 0.5) is 0 Å². The SMILES string of the molecule is NC(N)=NC(C(=O)O)c1cccs1. The molecule has 0 aromatic carbocycles. The van der Waals surface area contributed by atoms with Gasteiger partial charge in [0.25, 0.3) is 0 Å². The molecule has 0 radical (unpaired) electrons. The molecule has 0 bridgehead atoms. The Hall–Kier alpha value is -1.56. The number of carboxylic acids is 1. The van der Waals surface area contributed by atoms with Crippen LogP contribution in [0, 0.1) is 0 Å². The standard InChI is InChI=1S/C7H9N3O2S/c8-7(9)10-5(6(11)12)4-2-1-3-13-4/h1-3,5H,(H,11,12)(H4,8,9,10). The minimum Gasteiger partial charge on any atom is -0.479 e. The highest BCUT2D eigenvalue weighted by Gasteiger charge is 2.19. The van der Waals surface area contributed by atoms with Gasteiger partial charge >= 0.3 is 5.97 Å². The number of nitrogens with two attached hydrogens (primary N) is 2. The summed E-state index contributed by atoms with van der Waals surface area (Å²) in [4.78, 5) is 14.9. The van der Waals surface area contributed by atoms with E-state index in [1.54, 1.807) is 17.5 Å². The van der Waals surface area contributed by atoms with Crippen LogP contribution in [-0.2, 0) is 4.79 Å². The fourth-order valence-electron chi connectivity index (χ4n) is 0.836. The molecule has 70 valence electrons. The highest BCUT2D eigenvalue weighted by molar-refractivity contribution is 7.10. The average molecular weight is 199 g/mol. The monoisotopic (exact) mass is 199 g/mol. The second kappa shape index (κ2) is 3.90. The molecule has 5 nitrogen and oxygen atoms in total. The summed E-state index contributed by atoms with van der Waals surface area (Å²) >= 11 is 1.30. The number of rotatable bonds is 3. The van der Waals surface area contributed by atoms with Gasteiger partial charge in [-0.25, -0.2) is 9.79 Å². The second-order valence-corrected chi connectivity index (χ2v) is 3.29. The van der Waals surface area contributed by atoms with Gasteiger partial charge in [-0.05, 0) is 11.4 Å². The lowest BCUT2D eigenvalue weighted by atomic mass is 10.2. The van der Waals surface area contributed by atoms with Gasteiger partial charge in [-0.3, -0.25) is 0 Å². The van der Waals surface area contributed by atoms with Crippen molar-refractivity contribution in [2.24, 2.45) is 16.5 Å². The molecule has 1 rings (SSSR count). The summed E-state index contributed by atoms with van der Waals surface area (Å²) in [6, 6.07) is 2.44. The number of hydrogen-bond acceptors (Lipinski definition) is 3. The normalized spacial score (nSPS) is 12.0. The first-order valence-electron chi connectivity index (χ1n) is 3.46. The van der Waals surface area contributed by atoms with Crippen molar-refractivity contribution in [1.82, 2.24) is 0 Å². The Balaban J connectivity index is 2.94. The maximum absolute atomic E-state index is 10.7. The Morgan fingerprint density at radius 1 is 1.62 bits per heavy atom. The van der Waals surface area contributed by atoms with Crippen molar-refractivity contribution in [2.45, 2.75) is 6.04 Å². The highest BCUT2D eigenvalue weighted by atomic mass is 32.1. The zero-order valence-corrected chi connectivity index (χ0v) is 7.49. The number of carbonyl (C=O) groups is 1. The van der Waals surface area contributed by atoms with E-state index in [1.165, 1.54) is 11.3 Å². The Morgan fingerprint density at radius 2 is 2.31 bits per heavy atom. The van der Waals surface area contributed by atoms with Crippen molar-refractivity contribution in [3.05, 3.63) is 22.4 Å². The maximum atomic E-state index is 10.7. The van der Waals surface area contributed by atoms with Gasteiger partial charge in [0.05, 0.1) is 0 Å². The molecule has 1 aromatic heterocycles. The molecule has 0 saturated heterocycles. The van der Waals surface area contributed by atoms with Crippen molar-refractivity contribution in [3.63, 3.8) is 0 Å². The van der Waals surface area contributed by atoms with Crippen LogP contribution in [0.1, 0.15) is 10.9 Å². The van der Waals surface area contributed by atoms with E-state index in [-0.39, 0.29) is 5.96 Å². The smallest absolute Gasteiger partial charge is 0.334 e.